The summed E-state index contributed by atoms with van der Waals surface area (Å²) in [4.78, 5) is 0. The van der Waals surface area contributed by atoms with E-state index in [1.54, 1.807) is 0 Å². The van der Waals surface area contributed by atoms with Gasteiger partial charge in [-0.05, 0) is 31.6 Å². The summed E-state index contributed by atoms with van der Waals surface area (Å²) in [5.41, 5.74) is 5.49. The van der Waals surface area contributed by atoms with E-state index < -0.39 is 5.60 Å². The molecule has 66 valence electrons. The van der Waals surface area contributed by atoms with Crippen molar-refractivity contribution in [2.24, 2.45) is 11.1 Å². The average molecular weight is 157 g/mol. The molecule has 1 aliphatic rings. The maximum atomic E-state index is 9.80. The molecule has 2 heteroatoms. The first-order chi connectivity index (χ1) is 4.81. The van der Waals surface area contributed by atoms with Crippen LogP contribution in [0.5, 0.6) is 0 Å². The molecular weight excluding hydrogens is 138 g/mol. The Labute approximate surface area is 68.8 Å². The van der Waals surface area contributed by atoms with Gasteiger partial charge in [-0.25, -0.2) is 0 Å². The van der Waals surface area contributed by atoms with E-state index in [4.69, 9.17) is 5.73 Å². The van der Waals surface area contributed by atoms with E-state index in [1.165, 1.54) is 0 Å². The number of nitrogens with two attached hydrogens (primary N) is 1. The molecule has 1 saturated carbocycles. The molecule has 2 nitrogen and oxygen atoms in total. The van der Waals surface area contributed by atoms with E-state index in [9.17, 15) is 5.11 Å². The van der Waals surface area contributed by atoms with E-state index in [0.717, 1.165) is 19.3 Å². The highest BCUT2D eigenvalue weighted by atomic mass is 16.3. The lowest BCUT2D eigenvalue weighted by atomic mass is 9.69. The molecular formula is C9H19NO. The van der Waals surface area contributed by atoms with Gasteiger partial charge in [-0.3, -0.25) is 0 Å². The van der Waals surface area contributed by atoms with Gasteiger partial charge in [-0.2, -0.15) is 0 Å². The lowest BCUT2D eigenvalue weighted by molar-refractivity contribution is -0.0308. The predicted octanol–water partition coefficient (Wildman–Crippen LogP) is 1.27. The van der Waals surface area contributed by atoms with Gasteiger partial charge in [0.2, 0.25) is 0 Å². The maximum Gasteiger partial charge on any atom is 0.0639 e. The summed E-state index contributed by atoms with van der Waals surface area (Å²) in [6.07, 6.45) is 2.65. The summed E-state index contributed by atoms with van der Waals surface area (Å²) in [6, 6.07) is 0.175. The summed E-state index contributed by atoms with van der Waals surface area (Å²) in [5, 5.41) is 9.80. The molecule has 0 radical (unpaired) electrons. The van der Waals surface area contributed by atoms with Crippen molar-refractivity contribution in [1.82, 2.24) is 0 Å². The molecule has 1 aliphatic carbocycles. The topological polar surface area (TPSA) is 46.2 Å². The van der Waals surface area contributed by atoms with Crippen molar-refractivity contribution < 1.29 is 5.11 Å². The number of hydrogen-bond donors (Lipinski definition) is 2. The van der Waals surface area contributed by atoms with Crippen LogP contribution in [-0.2, 0) is 0 Å². The van der Waals surface area contributed by atoms with E-state index in [2.05, 4.69) is 13.8 Å². The Morgan fingerprint density at radius 3 is 2.18 bits per heavy atom. The minimum atomic E-state index is -0.541. The minimum absolute atomic E-state index is 0.175. The van der Waals surface area contributed by atoms with Gasteiger partial charge in [0, 0.05) is 6.04 Å². The molecule has 0 heterocycles. The Hall–Kier alpha value is -0.0800. The summed E-state index contributed by atoms with van der Waals surface area (Å²) in [5.74, 6) is 0. The van der Waals surface area contributed by atoms with Crippen molar-refractivity contribution >= 4 is 0 Å². The van der Waals surface area contributed by atoms with Crippen molar-refractivity contribution in [2.75, 3.05) is 0 Å². The van der Waals surface area contributed by atoms with Crippen LogP contribution in [0.3, 0.4) is 0 Å². The Kier molecular flexibility index (Phi) is 2.01. The highest BCUT2D eigenvalue weighted by Crippen LogP contribution is 2.39. The number of aliphatic hydroxyl groups is 1. The van der Waals surface area contributed by atoms with Gasteiger partial charge >= 0.3 is 0 Å². The van der Waals surface area contributed by atoms with E-state index in [1.807, 2.05) is 6.92 Å². The quantitative estimate of drug-likeness (QED) is 0.556. The fourth-order valence-corrected chi connectivity index (χ4v) is 2.52. The highest BCUT2D eigenvalue weighted by Gasteiger charge is 2.38. The number of hydrogen-bond acceptors (Lipinski definition) is 2. The molecule has 2 atom stereocenters. The number of rotatable bonds is 0. The van der Waals surface area contributed by atoms with Crippen LogP contribution >= 0.6 is 0 Å². The second-order valence-electron chi connectivity index (χ2n) is 5.01. The zero-order chi connectivity index (χ0) is 8.70. The molecule has 2 unspecified atom stereocenters. The average Bonchev–Trinajstić information content (AvgIpc) is 1.49. The van der Waals surface area contributed by atoms with Crippen LogP contribution in [-0.4, -0.2) is 16.7 Å². The van der Waals surface area contributed by atoms with Crippen molar-refractivity contribution in [3.05, 3.63) is 0 Å². The van der Waals surface area contributed by atoms with Crippen LogP contribution in [0.15, 0.2) is 0 Å². The van der Waals surface area contributed by atoms with Crippen LogP contribution < -0.4 is 5.73 Å². The smallest absolute Gasteiger partial charge is 0.0639 e. The lowest BCUT2D eigenvalue weighted by Crippen LogP contribution is -2.45. The summed E-state index contributed by atoms with van der Waals surface area (Å²) in [6.45, 7) is 6.22. The molecule has 3 N–H and O–H groups in total. The first kappa shape index (κ1) is 9.01. The van der Waals surface area contributed by atoms with E-state index in [0.29, 0.717) is 0 Å². The SMILES string of the molecule is CC1(C)CC(N)CC(C)(O)C1. The zero-order valence-electron chi connectivity index (χ0n) is 7.72. The van der Waals surface area contributed by atoms with Gasteiger partial charge in [0.25, 0.3) is 0 Å². The van der Waals surface area contributed by atoms with Crippen molar-refractivity contribution in [3.63, 3.8) is 0 Å². The summed E-state index contributed by atoms with van der Waals surface area (Å²) in [7, 11) is 0. The molecule has 0 aromatic rings. The zero-order valence-corrected chi connectivity index (χ0v) is 7.72. The Morgan fingerprint density at radius 2 is 1.82 bits per heavy atom. The van der Waals surface area contributed by atoms with Gasteiger partial charge in [0.05, 0.1) is 5.60 Å². The molecule has 0 amide bonds. The highest BCUT2D eigenvalue weighted by molar-refractivity contribution is 4.92. The molecule has 0 spiro atoms. The van der Waals surface area contributed by atoms with E-state index in [-0.39, 0.29) is 11.5 Å². The second-order valence-corrected chi connectivity index (χ2v) is 5.01. The van der Waals surface area contributed by atoms with Crippen LogP contribution in [0.4, 0.5) is 0 Å². The van der Waals surface area contributed by atoms with Crippen molar-refractivity contribution in [1.29, 1.82) is 0 Å². The van der Waals surface area contributed by atoms with Crippen LogP contribution in [0, 0.1) is 5.41 Å². The van der Waals surface area contributed by atoms with Crippen LogP contribution in [0.1, 0.15) is 40.0 Å². The Bertz CT molecular complexity index is 136. The monoisotopic (exact) mass is 157 g/mol. The molecule has 1 fully saturated rings. The van der Waals surface area contributed by atoms with Gasteiger partial charge < -0.3 is 10.8 Å². The third-order valence-corrected chi connectivity index (χ3v) is 2.38. The van der Waals surface area contributed by atoms with Crippen molar-refractivity contribution in [3.8, 4) is 0 Å². The largest absolute Gasteiger partial charge is 0.390 e. The van der Waals surface area contributed by atoms with Gasteiger partial charge in [0.1, 0.15) is 0 Å². The summed E-state index contributed by atoms with van der Waals surface area (Å²) < 4.78 is 0. The fraction of sp³-hybridized carbons (Fsp3) is 1.00. The standard InChI is InChI=1S/C9H19NO/c1-8(2)4-7(10)5-9(3,11)6-8/h7,11H,4-6,10H2,1-3H3. The Morgan fingerprint density at radius 1 is 1.27 bits per heavy atom. The first-order valence-electron chi connectivity index (χ1n) is 4.29. The molecule has 1 rings (SSSR count). The van der Waals surface area contributed by atoms with Gasteiger partial charge in [0.15, 0.2) is 0 Å². The first-order valence-corrected chi connectivity index (χ1v) is 4.29. The molecule has 0 saturated heterocycles. The van der Waals surface area contributed by atoms with Crippen LogP contribution in [0.2, 0.25) is 0 Å². The van der Waals surface area contributed by atoms with Gasteiger partial charge in [-0.15, -0.1) is 0 Å². The molecule has 11 heavy (non-hydrogen) atoms. The molecule has 0 aromatic heterocycles. The minimum Gasteiger partial charge on any atom is -0.390 e. The molecule has 0 aliphatic heterocycles. The molecule has 0 bridgehead atoms. The predicted molar refractivity (Wildman–Crippen MR) is 46.2 cm³/mol. The third kappa shape index (κ3) is 2.46. The fourth-order valence-electron chi connectivity index (χ4n) is 2.52. The third-order valence-electron chi connectivity index (χ3n) is 2.38. The summed E-state index contributed by atoms with van der Waals surface area (Å²) >= 11 is 0. The second kappa shape index (κ2) is 2.46. The van der Waals surface area contributed by atoms with Crippen molar-refractivity contribution in [2.45, 2.75) is 51.7 Å². The normalized spacial score (nSPS) is 43.9. The lowest BCUT2D eigenvalue weighted by Gasteiger charge is -2.42. The van der Waals surface area contributed by atoms with Crippen LogP contribution in [0.25, 0.3) is 0 Å². The van der Waals surface area contributed by atoms with Gasteiger partial charge in [-0.1, -0.05) is 13.8 Å². The van der Waals surface area contributed by atoms with E-state index >= 15 is 0 Å². The molecule has 0 aromatic carbocycles. The Balaban J connectivity index is 2.66. The maximum absolute atomic E-state index is 9.80.